The molecule has 1 atom stereocenters. The van der Waals surface area contributed by atoms with E-state index in [4.69, 9.17) is 10.5 Å². The second-order valence-corrected chi connectivity index (χ2v) is 8.78. The topological polar surface area (TPSA) is 97.1 Å². The quantitative estimate of drug-likeness (QED) is 0.641. The number of aromatic amines is 1. The third-order valence-electron chi connectivity index (χ3n) is 6.25. The molecule has 0 radical (unpaired) electrons. The normalized spacial score (nSPS) is 18.0. The molecular formula is C23H26FN5O2. The number of ether oxygens (including phenoxy) is 1. The molecule has 0 spiro atoms. The number of fused-ring (bicyclic) bond motifs is 3. The molecular weight excluding hydrogens is 397 g/mol. The number of nitrogens with one attached hydrogen (secondary N) is 1. The summed E-state index contributed by atoms with van der Waals surface area (Å²) in [4.78, 5) is 27.0. The molecule has 1 aliphatic heterocycles. The van der Waals surface area contributed by atoms with Gasteiger partial charge in [-0.25, -0.2) is 9.37 Å². The number of nitrogen functional groups attached to an aromatic ring is 1. The maximum Gasteiger partial charge on any atom is 0.270 e. The van der Waals surface area contributed by atoms with Crippen molar-refractivity contribution < 1.29 is 13.9 Å². The number of halogens is 1. The summed E-state index contributed by atoms with van der Waals surface area (Å²) in [6.45, 7) is 6.25. The summed E-state index contributed by atoms with van der Waals surface area (Å²) in [5.74, 6) is 0.254. The van der Waals surface area contributed by atoms with E-state index in [1.165, 1.54) is 0 Å². The smallest absolute Gasteiger partial charge is 0.270 e. The van der Waals surface area contributed by atoms with Gasteiger partial charge in [-0.3, -0.25) is 9.78 Å². The Labute approximate surface area is 179 Å². The van der Waals surface area contributed by atoms with Gasteiger partial charge in [0.15, 0.2) is 0 Å². The number of carbonyl (C=O) groups excluding carboxylic acids is 1. The molecule has 5 rings (SSSR count). The molecule has 1 saturated carbocycles. The number of anilines is 1. The predicted octanol–water partition coefficient (Wildman–Crippen LogP) is 4.20. The number of nitrogens with zero attached hydrogens (tertiary/aromatic N) is 3. The van der Waals surface area contributed by atoms with Crippen LogP contribution in [0.25, 0.3) is 11.0 Å². The molecule has 0 saturated heterocycles. The number of pyridine rings is 2. The van der Waals surface area contributed by atoms with E-state index in [1.54, 1.807) is 23.2 Å². The molecule has 0 bridgehead atoms. The summed E-state index contributed by atoms with van der Waals surface area (Å²) < 4.78 is 20.4. The molecule has 3 aromatic rings. The van der Waals surface area contributed by atoms with Crippen LogP contribution in [-0.2, 0) is 17.9 Å². The zero-order valence-electron chi connectivity index (χ0n) is 17.9. The number of rotatable bonds is 5. The van der Waals surface area contributed by atoms with Crippen LogP contribution < -0.4 is 5.73 Å². The third-order valence-corrected chi connectivity index (χ3v) is 6.25. The lowest BCUT2D eigenvalue weighted by Gasteiger charge is -2.26. The summed E-state index contributed by atoms with van der Waals surface area (Å²) in [5, 5.41) is 0. The molecule has 1 fully saturated rings. The highest BCUT2D eigenvalue weighted by Crippen LogP contribution is 2.40. The molecule has 3 aromatic heterocycles. The zero-order valence-corrected chi connectivity index (χ0v) is 17.9. The first-order valence-corrected chi connectivity index (χ1v) is 10.7. The molecule has 1 aliphatic carbocycles. The van der Waals surface area contributed by atoms with Gasteiger partial charge in [-0.15, -0.1) is 0 Å². The van der Waals surface area contributed by atoms with Crippen molar-refractivity contribution in [1.29, 1.82) is 0 Å². The van der Waals surface area contributed by atoms with Crippen molar-refractivity contribution in [2.24, 2.45) is 0 Å². The number of amides is 1. The molecule has 4 heterocycles. The lowest BCUT2D eigenvalue weighted by molar-refractivity contribution is 0.0680. The molecule has 1 amide bonds. The van der Waals surface area contributed by atoms with Gasteiger partial charge < -0.3 is 20.4 Å². The molecule has 3 N–H and O–H groups in total. The van der Waals surface area contributed by atoms with Crippen molar-refractivity contribution in [3.05, 3.63) is 52.2 Å². The van der Waals surface area contributed by atoms with Crippen LogP contribution in [0.2, 0.25) is 0 Å². The Balaban J connectivity index is 1.46. The minimum Gasteiger partial charge on any atom is -0.383 e. The van der Waals surface area contributed by atoms with E-state index >= 15 is 0 Å². The highest BCUT2D eigenvalue weighted by molar-refractivity contribution is 5.98. The van der Waals surface area contributed by atoms with Crippen LogP contribution in [0.1, 0.15) is 78.5 Å². The minimum absolute atomic E-state index is 0.0937. The zero-order chi connectivity index (χ0) is 21.9. The molecule has 0 aromatic carbocycles. The van der Waals surface area contributed by atoms with Gasteiger partial charge in [-0.05, 0) is 57.2 Å². The van der Waals surface area contributed by atoms with Crippen molar-refractivity contribution >= 4 is 22.8 Å². The fourth-order valence-electron chi connectivity index (χ4n) is 4.29. The minimum atomic E-state index is -0.363. The summed E-state index contributed by atoms with van der Waals surface area (Å²) in [6.07, 6.45) is 3.78. The molecule has 0 unspecified atom stereocenters. The fraction of sp³-hybridized carbons (Fsp3) is 0.435. The van der Waals surface area contributed by atoms with Gasteiger partial charge in [0.2, 0.25) is 0 Å². The van der Waals surface area contributed by atoms with Crippen LogP contribution in [-0.4, -0.2) is 31.8 Å². The van der Waals surface area contributed by atoms with E-state index in [9.17, 15) is 9.18 Å². The Kier molecular flexibility index (Phi) is 4.69. The van der Waals surface area contributed by atoms with Gasteiger partial charge >= 0.3 is 0 Å². The average Bonchev–Trinajstić information content (AvgIpc) is 3.37. The Morgan fingerprint density at radius 3 is 2.84 bits per heavy atom. The largest absolute Gasteiger partial charge is 0.383 e. The number of H-pyrrole nitrogens is 1. The van der Waals surface area contributed by atoms with E-state index in [2.05, 4.69) is 15.0 Å². The predicted molar refractivity (Wildman–Crippen MR) is 115 cm³/mol. The van der Waals surface area contributed by atoms with E-state index in [1.807, 2.05) is 20.8 Å². The van der Waals surface area contributed by atoms with Crippen LogP contribution in [0.5, 0.6) is 0 Å². The Morgan fingerprint density at radius 2 is 2.16 bits per heavy atom. The monoisotopic (exact) mass is 423 g/mol. The van der Waals surface area contributed by atoms with Crippen LogP contribution in [0.4, 0.5) is 10.2 Å². The summed E-state index contributed by atoms with van der Waals surface area (Å²) in [7, 11) is 0. The number of nitrogens with two attached hydrogens (primary N) is 1. The molecule has 8 heteroatoms. The average molecular weight is 423 g/mol. The van der Waals surface area contributed by atoms with Gasteiger partial charge in [0, 0.05) is 23.4 Å². The van der Waals surface area contributed by atoms with E-state index in [-0.39, 0.29) is 36.1 Å². The number of hydrogen-bond acceptors (Lipinski definition) is 5. The summed E-state index contributed by atoms with van der Waals surface area (Å²) >= 11 is 0. The first-order valence-electron chi connectivity index (χ1n) is 10.7. The van der Waals surface area contributed by atoms with Gasteiger partial charge in [0.25, 0.3) is 5.91 Å². The fourth-order valence-corrected chi connectivity index (χ4v) is 4.29. The van der Waals surface area contributed by atoms with Crippen molar-refractivity contribution in [2.75, 3.05) is 5.73 Å². The number of carbonyl (C=O) groups is 1. The van der Waals surface area contributed by atoms with Crippen molar-refractivity contribution in [3.63, 3.8) is 0 Å². The first-order chi connectivity index (χ1) is 14.8. The van der Waals surface area contributed by atoms with Gasteiger partial charge in [-0.1, -0.05) is 0 Å². The second-order valence-electron chi connectivity index (χ2n) is 8.78. The van der Waals surface area contributed by atoms with E-state index in [0.717, 1.165) is 35.0 Å². The lowest BCUT2D eigenvalue weighted by atomic mass is 10.1. The molecule has 162 valence electrons. The van der Waals surface area contributed by atoms with E-state index < -0.39 is 0 Å². The van der Waals surface area contributed by atoms with Crippen LogP contribution >= 0.6 is 0 Å². The van der Waals surface area contributed by atoms with E-state index in [0.29, 0.717) is 29.6 Å². The Bertz CT molecular complexity index is 1180. The van der Waals surface area contributed by atoms with Gasteiger partial charge in [0.05, 0.1) is 36.0 Å². The van der Waals surface area contributed by atoms with Crippen molar-refractivity contribution in [2.45, 2.75) is 64.8 Å². The lowest BCUT2D eigenvalue weighted by Crippen LogP contribution is -2.37. The second kappa shape index (κ2) is 7.30. The molecule has 7 nitrogen and oxygen atoms in total. The van der Waals surface area contributed by atoms with Gasteiger partial charge in [-0.2, -0.15) is 0 Å². The standard InChI is InChI=1S/C23H26FN5O2/c1-11(2)29(9-19-16(24)6-14(8-26-19)13-4-5-13)23(30)18-7-17-21(27-18)15-10-31-12(3)20(15)22(25)28-17/h6-8,11-13,27H,4-5,9-10H2,1-3H3,(H2,25,28)/t12-/m1/s1. The molecule has 2 aliphatic rings. The van der Waals surface area contributed by atoms with Gasteiger partial charge in [0.1, 0.15) is 17.3 Å². The number of hydrogen-bond donors (Lipinski definition) is 2. The third kappa shape index (κ3) is 3.44. The Morgan fingerprint density at radius 1 is 1.39 bits per heavy atom. The highest BCUT2D eigenvalue weighted by Gasteiger charge is 2.29. The van der Waals surface area contributed by atoms with Crippen molar-refractivity contribution in [1.82, 2.24) is 19.9 Å². The number of aromatic nitrogens is 3. The summed E-state index contributed by atoms with van der Waals surface area (Å²) in [5.41, 5.74) is 10.9. The highest BCUT2D eigenvalue weighted by atomic mass is 19.1. The maximum atomic E-state index is 14.7. The maximum absolute atomic E-state index is 14.7. The van der Waals surface area contributed by atoms with Crippen LogP contribution in [0.15, 0.2) is 18.3 Å². The van der Waals surface area contributed by atoms with Crippen LogP contribution in [0.3, 0.4) is 0 Å². The van der Waals surface area contributed by atoms with Crippen LogP contribution in [0, 0.1) is 5.82 Å². The SMILES string of the molecule is CC(C)N(Cc1ncc(C2CC2)cc1F)C(=O)c1cc2nc(N)c3c(c2[nH]1)CO[C@@H]3C. The summed E-state index contributed by atoms with van der Waals surface area (Å²) in [6, 6.07) is 3.12. The molecule has 31 heavy (non-hydrogen) atoms. The Hall–Kier alpha value is -3.00. The first kappa shape index (κ1) is 19.9. The van der Waals surface area contributed by atoms with Crippen molar-refractivity contribution in [3.8, 4) is 0 Å².